The van der Waals surface area contributed by atoms with Crippen molar-refractivity contribution in [2.45, 2.75) is 32.7 Å². The van der Waals surface area contributed by atoms with E-state index >= 15 is 0 Å². The molecule has 2 heterocycles. The number of carbonyl (C=O) groups excluding carboxylic acids is 1. The minimum Gasteiger partial charge on any atom is -0.451 e. The van der Waals surface area contributed by atoms with Crippen LogP contribution in [0.3, 0.4) is 0 Å². The highest BCUT2D eigenvalue weighted by Crippen LogP contribution is 2.27. The van der Waals surface area contributed by atoms with Crippen molar-refractivity contribution < 1.29 is 13.6 Å². The summed E-state index contributed by atoms with van der Waals surface area (Å²) >= 11 is 0. The molecule has 1 aromatic carbocycles. The summed E-state index contributed by atoms with van der Waals surface area (Å²) in [6.07, 6.45) is 2.80. The quantitative estimate of drug-likeness (QED) is 0.772. The number of benzene rings is 1. The second-order valence-electron chi connectivity index (χ2n) is 6.24. The minimum absolute atomic E-state index is 0.165. The average Bonchev–Trinajstić information content (AvgIpc) is 3.13. The number of fused-ring (bicyclic) bond motifs is 1. The molecule has 0 aliphatic rings. The molecule has 7 heteroatoms. The molecule has 3 rings (SSSR count). The van der Waals surface area contributed by atoms with E-state index in [2.05, 4.69) is 20.6 Å². The van der Waals surface area contributed by atoms with Gasteiger partial charge in [0.25, 0.3) is 0 Å². The van der Waals surface area contributed by atoms with Crippen molar-refractivity contribution in [1.29, 1.82) is 0 Å². The molecule has 2 aromatic heterocycles. The molecule has 0 radical (unpaired) electrons. The maximum atomic E-state index is 11.9. The fourth-order valence-corrected chi connectivity index (χ4v) is 2.00. The van der Waals surface area contributed by atoms with Crippen LogP contribution in [0.1, 0.15) is 32.4 Å². The van der Waals surface area contributed by atoms with Crippen LogP contribution in [0.5, 0.6) is 0 Å². The van der Waals surface area contributed by atoms with E-state index < -0.39 is 0 Å². The molecular formula is C16H18N4O3. The number of hydrogen-bond acceptors (Lipinski definition) is 5. The summed E-state index contributed by atoms with van der Waals surface area (Å²) in [5.74, 6) is 0.667. The van der Waals surface area contributed by atoms with E-state index in [-0.39, 0.29) is 11.4 Å². The number of amides is 2. The topological polar surface area (TPSA) is 93.2 Å². The van der Waals surface area contributed by atoms with E-state index in [0.29, 0.717) is 34.9 Å². The Morgan fingerprint density at radius 1 is 1.30 bits per heavy atom. The summed E-state index contributed by atoms with van der Waals surface area (Å²) in [5.41, 5.74) is 2.54. The van der Waals surface area contributed by atoms with Gasteiger partial charge in [-0.15, -0.1) is 0 Å². The number of rotatable bonds is 3. The first-order chi connectivity index (χ1) is 10.9. The summed E-state index contributed by atoms with van der Waals surface area (Å²) in [6.45, 7) is 6.40. The molecule has 2 N–H and O–H groups in total. The van der Waals surface area contributed by atoms with Crippen molar-refractivity contribution >= 4 is 22.8 Å². The van der Waals surface area contributed by atoms with E-state index in [1.165, 1.54) is 12.7 Å². The predicted octanol–water partition coefficient (Wildman–Crippen LogP) is 3.44. The standard InChI is InChI=1S/C16H18N4O3/c1-16(2,3)14-20-12-6-10(4-5-13(12)23-14)19-15(21)17-7-11-8-22-9-18-11/h4-6,8-9H,7H2,1-3H3,(H2,17,19,21). The maximum absolute atomic E-state index is 11.9. The second kappa shape index (κ2) is 5.75. The highest BCUT2D eigenvalue weighted by Gasteiger charge is 2.21. The van der Waals surface area contributed by atoms with Gasteiger partial charge in [0.05, 0.1) is 12.2 Å². The lowest BCUT2D eigenvalue weighted by Gasteiger charge is -2.11. The number of nitrogens with zero attached hydrogens (tertiary/aromatic N) is 2. The molecule has 120 valence electrons. The zero-order valence-electron chi connectivity index (χ0n) is 13.2. The average molecular weight is 314 g/mol. The number of urea groups is 1. The molecule has 0 aliphatic heterocycles. The van der Waals surface area contributed by atoms with E-state index in [1.54, 1.807) is 18.2 Å². The van der Waals surface area contributed by atoms with Crippen molar-refractivity contribution in [2.24, 2.45) is 0 Å². The zero-order chi connectivity index (χ0) is 16.4. The van der Waals surface area contributed by atoms with Crippen LogP contribution in [-0.4, -0.2) is 16.0 Å². The lowest BCUT2D eigenvalue weighted by Crippen LogP contribution is -2.28. The zero-order valence-corrected chi connectivity index (χ0v) is 13.2. The van der Waals surface area contributed by atoms with Gasteiger partial charge in [-0.1, -0.05) is 20.8 Å². The van der Waals surface area contributed by atoms with E-state index in [0.717, 1.165) is 0 Å². The van der Waals surface area contributed by atoms with Crippen LogP contribution in [0.15, 0.2) is 39.7 Å². The van der Waals surface area contributed by atoms with Crippen molar-refractivity contribution in [3.63, 3.8) is 0 Å². The number of carbonyl (C=O) groups is 1. The smallest absolute Gasteiger partial charge is 0.319 e. The number of anilines is 1. The summed E-state index contributed by atoms with van der Waals surface area (Å²) in [7, 11) is 0. The predicted molar refractivity (Wildman–Crippen MR) is 85.1 cm³/mol. The van der Waals surface area contributed by atoms with Gasteiger partial charge in [-0.05, 0) is 18.2 Å². The lowest BCUT2D eigenvalue weighted by molar-refractivity contribution is 0.251. The molecule has 0 spiro atoms. The van der Waals surface area contributed by atoms with Gasteiger partial charge in [0.2, 0.25) is 5.89 Å². The van der Waals surface area contributed by atoms with Crippen molar-refractivity contribution in [1.82, 2.24) is 15.3 Å². The molecule has 0 unspecified atom stereocenters. The van der Waals surface area contributed by atoms with Crippen molar-refractivity contribution in [3.8, 4) is 0 Å². The first-order valence-electron chi connectivity index (χ1n) is 7.25. The van der Waals surface area contributed by atoms with Crippen LogP contribution in [0.2, 0.25) is 0 Å². The first kappa shape index (κ1) is 15.1. The van der Waals surface area contributed by atoms with Crippen LogP contribution >= 0.6 is 0 Å². The lowest BCUT2D eigenvalue weighted by atomic mass is 9.97. The molecule has 0 saturated heterocycles. The molecule has 0 fully saturated rings. The molecule has 2 amide bonds. The molecule has 7 nitrogen and oxygen atoms in total. The summed E-state index contributed by atoms with van der Waals surface area (Å²) in [5, 5.41) is 5.45. The number of nitrogens with one attached hydrogen (secondary N) is 2. The van der Waals surface area contributed by atoms with E-state index in [4.69, 9.17) is 8.83 Å². The van der Waals surface area contributed by atoms with E-state index in [1.807, 2.05) is 20.8 Å². The fourth-order valence-electron chi connectivity index (χ4n) is 2.00. The summed E-state index contributed by atoms with van der Waals surface area (Å²) in [4.78, 5) is 20.3. The number of hydrogen-bond donors (Lipinski definition) is 2. The van der Waals surface area contributed by atoms with Gasteiger partial charge in [0, 0.05) is 11.1 Å². The molecule has 0 aliphatic carbocycles. The highest BCUT2D eigenvalue weighted by atomic mass is 16.3. The van der Waals surface area contributed by atoms with Crippen molar-refractivity contribution in [2.75, 3.05) is 5.32 Å². The Bertz CT molecular complexity index is 816. The second-order valence-corrected chi connectivity index (χ2v) is 6.24. The molecule has 0 saturated carbocycles. The monoisotopic (exact) mass is 314 g/mol. The van der Waals surface area contributed by atoms with Crippen molar-refractivity contribution in [3.05, 3.63) is 42.4 Å². The third-order valence-electron chi connectivity index (χ3n) is 3.20. The molecule has 23 heavy (non-hydrogen) atoms. The van der Waals surface area contributed by atoms with Gasteiger partial charge >= 0.3 is 6.03 Å². The SMILES string of the molecule is CC(C)(C)c1nc2cc(NC(=O)NCc3cocn3)ccc2o1. The third-order valence-corrected chi connectivity index (χ3v) is 3.20. The Hall–Kier alpha value is -2.83. The molecular weight excluding hydrogens is 296 g/mol. The first-order valence-corrected chi connectivity index (χ1v) is 7.25. The molecule has 3 aromatic rings. The summed E-state index contributed by atoms with van der Waals surface area (Å²) < 4.78 is 10.6. The van der Waals surface area contributed by atoms with Gasteiger partial charge in [0.1, 0.15) is 11.8 Å². The Balaban J connectivity index is 1.69. The Morgan fingerprint density at radius 3 is 2.83 bits per heavy atom. The van der Waals surface area contributed by atoms with Gasteiger partial charge in [-0.2, -0.15) is 0 Å². The van der Waals surface area contributed by atoms with Gasteiger partial charge in [-0.25, -0.2) is 14.8 Å². The van der Waals surface area contributed by atoms with E-state index in [9.17, 15) is 4.79 Å². The third kappa shape index (κ3) is 3.50. The van der Waals surface area contributed by atoms with Gasteiger partial charge in [0.15, 0.2) is 12.0 Å². The number of oxazole rings is 2. The Kier molecular flexibility index (Phi) is 3.77. The minimum atomic E-state index is -0.327. The highest BCUT2D eigenvalue weighted by molar-refractivity contribution is 5.91. The largest absolute Gasteiger partial charge is 0.451 e. The van der Waals surface area contributed by atoms with Crippen LogP contribution in [-0.2, 0) is 12.0 Å². The number of aromatic nitrogens is 2. The Labute approximate surface area is 133 Å². The molecule has 0 bridgehead atoms. The summed E-state index contributed by atoms with van der Waals surface area (Å²) in [6, 6.07) is 5.02. The maximum Gasteiger partial charge on any atom is 0.319 e. The van der Waals surface area contributed by atoms with Gasteiger partial charge in [-0.3, -0.25) is 0 Å². The fraction of sp³-hybridized carbons (Fsp3) is 0.312. The normalized spacial score (nSPS) is 11.6. The molecule has 0 atom stereocenters. The van der Waals surface area contributed by atoms with Crippen LogP contribution in [0.4, 0.5) is 10.5 Å². The van der Waals surface area contributed by atoms with Crippen LogP contribution < -0.4 is 10.6 Å². The van der Waals surface area contributed by atoms with Crippen LogP contribution in [0, 0.1) is 0 Å². The van der Waals surface area contributed by atoms with Crippen LogP contribution in [0.25, 0.3) is 11.1 Å². The Morgan fingerprint density at radius 2 is 2.13 bits per heavy atom. The van der Waals surface area contributed by atoms with Gasteiger partial charge < -0.3 is 19.5 Å².